The van der Waals surface area contributed by atoms with Crippen molar-refractivity contribution in [2.75, 3.05) is 13.2 Å². The molecule has 5 aliphatic rings. The zero-order valence-corrected chi connectivity index (χ0v) is 26.2. The van der Waals surface area contributed by atoms with Crippen LogP contribution in [0.3, 0.4) is 0 Å². The van der Waals surface area contributed by atoms with Crippen LogP contribution in [0.4, 0.5) is 0 Å². The number of carbonyl (C=O) groups is 4. The molecule has 2 N–H and O–H groups in total. The highest BCUT2D eigenvalue weighted by atomic mass is 16.6. The van der Waals surface area contributed by atoms with Gasteiger partial charge in [0.05, 0.1) is 44.2 Å². The van der Waals surface area contributed by atoms with Crippen molar-refractivity contribution in [2.45, 2.75) is 102 Å². The molecular formula is C33H42O12. The number of hydrogen-bond donors (Lipinski definition) is 2. The molecule has 3 saturated heterocycles. The summed E-state index contributed by atoms with van der Waals surface area (Å²) in [6.45, 7) is 9.22. The zero-order valence-electron chi connectivity index (χ0n) is 26.2. The molecule has 2 aliphatic carbocycles. The molecular weight excluding hydrogens is 588 g/mol. The van der Waals surface area contributed by atoms with E-state index in [0.29, 0.717) is 24.0 Å². The molecule has 1 aromatic heterocycles. The molecule has 2 unspecified atom stereocenters. The first-order valence-electron chi connectivity index (χ1n) is 15.7. The summed E-state index contributed by atoms with van der Waals surface area (Å²) in [5.74, 6) is -4.09. The third-order valence-electron chi connectivity index (χ3n) is 11.7. The van der Waals surface area contributed by atoms with Crippen LogP contribution in [-0.2, 0) is 42.9 Å². The first-order chi connectivity index (χ1) is 21.3. The summed E-state index contributed by atoms with van der Waals surface area (Å²) in [5.41, 5.74) is -1.40. The molecule has 45 heavy (non-hydrogen) atoms. The lowest BCUT2D eigenvalue weighted by Crippen LogP contribution is -2.67. The van der Waals surface area contributed by atoms with Crippen LogP contribution >= 0.6 is 0 Å². The van der Waals surface area contributed by atoms with Crippen LogP contribution in [0.25, 0.3) is 0 Å². The Morgan fingerprint density at radius 1 is 1.20 bits per heavy atom. The van der Waals surface area contributed by atoms with Gasteiger partial charge in [0.15, 0.2) is 6.10 Å². The van der Waals surface area contributed by atoms with Crippen molar-refractivity contribution in [3.05, 3.63) is 35.3 Å². The zero-order chi connectivity index (χ0) is 32.5. The Balaban J connectivity index is 1.59. The number of cyclic esters (lactones) is 1. The normalized spacial score (nSPS) is 42.1. The number of rotatable bonds is 7. The van der Waals surface area contributed by atoms with Crippen molar-refractivity contribution in [1.82, 2.24) is 0 Å². The SMILES string of the molecule is CCC(C)C(O)C(=O)O[C@H]1[C@H](OC=O)[C@H]2C(=C3[C@H](O)C[C@@H](c4ccoc4)[C@@]31C)CO[C@H]1CC(=O)O[C@]3(C)COC(=O)C[C@@H]3[C@]12C. The minimum Gasteiger partial charge on any atom is -0.472 e. The topological polar surface area (TPSA) is 168 Å². The van der Waals surface area contributed by atoms with Gasteiger partial charge in [0.1, 0.15) is 24.4 Å². The molecule has 12 atom stereocenters. The van der Waals surface area contributed by atoms with E-state index in [2.05, 4.69) is 0 Å². The Morgan fingerprint density at radius 2 is 1.96 bits per heavy atom. The standard InChI is InChI=1S/C33H42O12/c1-6-16(2)27(38)30(39)44-29-28(43-15-34)26-18(25-20(35)9-19(32(25,29)4)17-7-8-40-12-17)13-41-22-11-24(37)45-31(3)14-42-23(36)10-21(31)33(22,26)5/h7-8,12,15-16,19-22,26-29,35,38H,6,9-11,13-14H2,1-5H3/t16?,19-,20+,21-,22-,26+,27?,28+,29-,31+,32-,33+/m0/s1. The number of esters is 3. The van der Waals surface area contributed by atoms with E-state index >= 15 is 0 Å². The smallest absolute Gasteiger partial charge is 0.335 e. The van der Waals surface area contributed by atoms with Gasteiger partial charge in [0.25, 0.3) is 6.47 Å². The second kappa shape index (κ2) is 11.2. The van der Waals surface area contributed by atoms with E-state index in [9.17, 15) is 29.4 Å². The summed E-state index contributed by atoms with van der Waals surface area (Å²) in [7, 11) is 0. The van der Waals surface area contributed by atoms with Gasteiger partial charge in [-0.3, -0.25) is 14.4 Å². The Bertz CT molecular complexity index is 1390. The average molecular weight is 631 g/mol. The van der Waals surface area contributed by atoms with Crippen LogP contribution in [0.2, 0.25) is 0 Å². The number of fused-ring (bicyclic) bond motifs is 6. The maximum absolute atomic E-state index is 13.6. The predicted octanol–water partition coefficient (Wildman–Crippen LogP) is 2.59. The van der Waals surface area contributed by atoms with Crippen molar-refractivity contribution >= 4 is 24.4 Å². The molecule has 246 valence electrons. The van der Waals surface area contributed by atoms with Crippen LogP contribution in [0.15, 0.2) is 34.2 Å². The third kappa shape index (κ3) is 4.66. The molecule has 4 heterocycles. The molecule has 1 saturated carbocycles. The predicted molar refractivity (Wildman–Crippen MR) is 153 cm³/mol. The van der Waals surface area contributed by atoms with E-state index in [1.165, 1.54) is 6.26 Å². The van der Waals surface area contributed by atoms with Gasteiger partial charge in [0, 0.05) is 28.6 Å². The lowest BCUT2D eigenvalue weighted by Gasteiger charge is -2.60. The summed E-state index contributed by atoms with van der Waals surface area (Å²) in [5, 5.41) is 22.7. The molecule has 4 fully saturated rings. The molecule has 0 spiro atoms. The lowest BCUT2D eigenvalue weighted by molar-refractivity contribution is -0.228. The van der Waals surface area contributed by atoms with Gasteiger partial charge < -0.3 is 38.3 Å². The van der Waals surface area contributed by atoms with Gasteiger partial charge in [-0.05, 0) is 42.0 Å². The van der Waals surface area contributed by atoms with Crippen molar-refractivity contribution in [3.8, 4) is 0 Å². The van der Waals surface area contributed by atoms with Crippen LogP contribution in [-0.4, -0.2) is 83.9 Å². The number of carbonyl (C=O) groups excluding carboxylic acids is 4. The average Bonchev–Trinajstić information content (AvgIpc) is 3.60. The fraction of sp³-hybridized carbons (Fsp3) is 0.697. The molecule has 1 aromatic rings. The summed E-state index contributed by atoms with van der Waals surface area (Å²) < 4.78 is 35.4. The highest BCUT2D eigenvalue weighted by Gasteiger charge is 2.71. The first kappa shape index (κ1) is 31.7. The maximum Gasteiger partial charge on any atom is 0.335 e. The van der Waals surface area contributed by atoms with Crippen LogP contribution in [0.5, 0.6) is 0 Å². The quantitative estimate of drug-likeness (QED) is 0.196. The van der Waals surface area contributed by atoms with Gasteiger partial charge in [-0.1, -0.05) is 34.1 Å². The molecule has 0 bridgehead atoms. The molecule has 0 aromatic carbocycles. The highest BCUT2D eigenvalue weighted by Crippen LogP contribution is 2.67. The summed E-state index contributed by atoms with van der Waals surface area (Å²) in [6, 6.07) is 1.78. The number of hydrogen-bond acceptors (Lipinski definition) is 12. The van der Waals surface area contributed by atoms with Crippen molar-refractivity contribution in [1.29, 1.82) is 0 Å². The van der Waals surface area contributed by atoms with E-state index in [1.54, 1.807) is 26.2 Å². The molecule has 3 aliphatic heterocycles. The first-order valence-corrected chi connectivity index (χ1v) is 15.7. The van der Waals surface area contributed by atoms with Crippen molar-refractivity contribution < 1.29 is 57.5 Å². The second-order valence-corrected chi connectivity index (χ2v) is 14.0. The third-order valence-corrected chi connectivity index (χ3v) is 11.7. The van der Waals surface area contributed by atoms with Gasteiger partial charge >= 0.3 is 17.9 Å². The maximum atomic E-state index is 13.6. The van der Waals surface area contributed by atoms with Gasteiger partial charge in [-0.25, -0.2) is 4.79 Å². The van der Waals surface area contributed by atoms with Crippen LogP contribution in [0.1, 0.15) is 71.8 Å². The second-order valence-electron chi connectivity index (χ2n) is 14.0. The fourth-order valence-electron chi connectivity index (χ4n) is 9.32. The molecule has 12 nitrogen and oxygen atoms in total. The molecule has 12 heteroatoms. The van der Waals surface area contributed by atoms with Crippen molar-refractivity contribution in [2.24, 2.45) is 28.6 Å². The van der Waals surface area contributed by atoms with Gasteiger partial charge in [-0.2, -0.15) is 0 Å². The highest BCUT2D eigenvalue weighted by molar-refractivity contribution is 5.76. The van der Waals surface area contributed by atoms with Crippen molar-refractivity contribution in [3.63, 3.8) is 0 Å². The van der Waals surface area contributed by atoms with E-state index in [-0.39, 0.29) is 32.5 Å². The van der Waals surface area contributed by atoms with Gasteiger partial charge in [0.2, 0.25) is 0 Å². The summed E-state index contributed by atoms with van der Waals surface area (Å²) in [4.78, 5) is 52.0. The Labute approximate surface area is 261 Å². The van der Waals surface area contributed by atoms with Crippen LogP contribution < -0.4 is 0 Å². The van der Waals surface area contributed by atoms with E-state index < -0.39 is 88.5 Å². The lowest BCUT2D eigenvalue weighted by atomic mass is 9.49. The fourth-order valence-corrected chi connectivity index (χ4v) is 9.32. The largest absolute Gasteiger partial charge is 0.472 e. The summed E-state index contributed by atoms with van der Waals surface area (Å²) >= 11 is 0. The molecule has 0 amide bonds. The minimum atomic E-state index is -1.44. The Hall–Kier alpha value is -3.22. The molecule has 0 radical (unpaired) electrons. The Morgan fingerprint density at radius 3 is 2.62 bits per heavy atom. The van der Waals surface area contributed by atoms with Crippen LogP contribution in [0, 0.1) is 28.6 Å². The number of ether oxygens (including phenoxy) is 5. The van der Waals surface area contributed by atoms with E-state index in [1.807, 2.05) is 20.8 Å². The molecule has 6 rings (SSSR count). The number of aliphatic hydroxyl groups is 2. The van der Waals surface area contributed by atoms with Gasteiger partial charge in [-0.15, -0.1) is 0 Å². The minimum absolute atomic E-state index is 0.0149. The summed E-state index contributed by atoms with van der Waals surface area (Å²) in [6.07, 6.45) is -1.85. The Kier molecular flexibility index (Phi) is 7.93. The van der Waals surface area contributed by atoms with E-state index in [0.717, 1.165) is 5.56 Å². The van der Waals surface area contributed by atoms with E-state index in [4.69, 9.17) is 28.1 Å². The number of aliphatic hydroxyl groups excluding tert-OH is 2. The monoisotopic (exact) mass is 630 g/mol. The number of furan rings is 1.